The summed E-state index contributed by atoms with van der Waals surface area (Å²) in [7, 11) is 3.07. The molecule has 0 bridgehead atoms. The zero-order chi connectivity index (χ0) is 27.4. The van der Waals surface area contributed by atoms with Crippen molar-refractivity contribution in [3.8, 4) is 23.3 Å². The summed E-state index contributed by atoms with van der Waals surface area (Å²) in [5.74, 6) is 0.402. The normalized spacial score (nSPS) is 12.1. The van der Waals surface area contributed by atoms with E-state index < -0.39 is 5.91 Å². The quantitative estimate of drug-likeness (QED) is 0.411. The van der Waals surface area contributed by atoms with E-state index in [1.54, 1.807) is 43.5 Å². The summed E-state index contributed by atoms with van der Waals surface area (Å²) in [6.45, 7) is 5.87. The molecule has 4 aromatic rings. The Balaban J connectivity index is 2.01. The predicted octanol–water partition coefficient (Wildman–Crippen LogP) is 3.98. The lowest BCUT2D eigenvalue weighted by molar-refractivity contribution is -0.111. The van der Waals surface area contributed by atoms with Crippen LogP contribution in [0.3, 0.4) is 0 Å². The van der Waals surface area contributed by atoms with Crippen LogP contribution in [0.2, 0.25) is 0 Å². The van der Waals surface area contributed by atoms with E-state index in [-0.39, 0.29) is 15.8 Å². The number of ether oxygens (including phenoxy) is 2. The second-order valence-electron chi connectivity index (χ2n) is 8.71. The van der Waals surface area contributed by atoms with E-state index in [9.17, 15) is 14.9 Å². The first-order valence-electron chi connectivity index (χ1n) is 11.8. The van der Waals surface area contributed by atoms with Gasteiger partial charge in [0, 0.05) is 11.3 Å². The molecule has 7 nitrogen and oxygen atoms in total. The Bertz CT molecular complexity index is 1740. The minimum absolute atomic E-state index is 0.164. The monoisotopic (exact) mass is 525 g/mol. The van der Waals surface area contributed by atoms with E-state index in [0.717, 1.165) is 28.0 Å². The Morgan fingerprint density at radius 3 is 2.37 bits per heavy atom. The van der Waals surface area contributed by atoms with Crippen molar-refractivity contribution >= 4 is 34.6 Å². The van der Waals surface area contributed by atoms with Gasteiger partial charge in [-0.2, -0.15) is 5.26 Å². The average Bonchev–Trinajstić information content (AvgIpc) is 3.22. The highest BCUT2D eigenvalue weighted by atomic mass is 32.1. The molecule has 1 aromatic heterocycles. The number of nitriles is 1. The van der Waals surface area contributed by atoms with Gasteiger partial charge in [0.2, 0.25) is 0 Å². The fourth-order valence-electron chi connectivity index (χ4n) is 3.94. The van der Waals surface area contributed by atoms with E-state index >= 15 is 0 Å². The molecule has 3 aromatic carbocycles. The molecule has 0 atom stereocenters. The Morgan fingerprint density at radius 1 is 1.00 bits per heavy atom. The molecule has 0 aliphatic heterocycles. The summed E-state index contributed by atoms with van der Waals surface area (Å²) in [5, 5.41) is 12.9. The zero-order valence-electron chi connectivity index (χ0n) is 21.8. The number of carbonyl (C=O) groups is 1. The van der Waals surface area contributed by atoms with Gasteiger partial charge in [-0.15, -0.1) is 11.3 Å². The number of hydrogen-bond acceptors (Lipinski definition) is 6. The molecule has 4 rings (SSSR count). The smallest absolute Gasteiger partial charge is 0.273 e. The lowest BCUT2D eigenvalue weighted by Crippen LogP contribution is -2.32. The maximum Gasteiger partial charge on any atom is 0.273 e. The van der Waals surface area contributed by atoms with Crippen LogP contribution >= 0.6 is 11.3 Å². The number of amides is 1. The summed E-state index contributed by atoms with van der Waals surface area (Å²) in [4.78, 5) is 27.1. The van der Waals surface area contributed by atoms with Crippen molar-refractivity contribution in [1.82, 2.24) is 4.57 Å². The predicted molar refractivity (Wildman–Crippen MR) is 151 cm³/mol. The minimum atomic E-state index is -0.597. The molecule has 0 fully saturated rings. The fourth-order valence-corrected chi connectivity index (χ4v) is 5.03. The summed E-state index contributed by atoms with van der Waals surface area (Å²) in [5.41, 5.74) is 4.32. The van der Waals surface area contributed by atoms with E-state index in [2.05, 4.69) is 5.32 Å². The fraction of sp³-hybridized carbons (Fsp3) is 0.167. The second-order valence-corrected chi connectivity index (χ2v) is 9.75. The standard InChI is InChI=1S/C30H27N3O4S/c1-18-9-12-22(13-10-18)32-28(34)24(17-31)30-33(23-14-11-19(2)20(3)15-23)29(35)26(38-30)16-21-7-6-8-25(36-4)27(21)37-5/h6-16H,1-5H3,(H,32,34). The molecule has 0 saturated carbocycles. The van der Waals surface area contributed by atoms with Gasteiger partial charge in [0.25, 0.3) is 11.5 Å². The van der Waals surface area contributed by atoms with Gasteiger partial charge >= 0.3 is 0 Å². The first-order valence-corrected chi connectivity index (χ1v) is 12.6. The van der Waals surface area contributed by atoms with Crippen molar-refractivity contribution in [3.05, 3.63) is 102 Å². The summed E-state index contributed by atoms with van der Waals surface area (Å²) < 4.78 is 12.9. The van der Waals surface area contributed by atoms with Gasteiger partial charge in [-0.05, 0) is 68.3 Å². The maximum atomic E-state index is 13.8. The van der Waals surface area contributed by atoms with Crippen molar-refractivity contribution in [2.24, 2.45) is 0 Å². The number of rotatable bonds is 6. The Labute approximate surface area is 224 Å². The molecule has 0 radical (unpaired) electrons. The van der Waals surface area contributed by atoms with E-state index in [1.165, 1.54) is 11.7 Å². The molecular weight excluding hydrogens is 498 g/mol. The third-order valence-electron chi connectivity index (χ3n) is 6.15. The van der Waals surface area contributed by atoms with Gasteiger partial charge in [0.05, 0.1) is 24.4 Å². The van der Waals surface area contributed by atoms with Crippen LogP contribution in [-0.4, -0.2) is 24.7 Å². The van der Waals surface area contributed by atoms with Gasteiger partial charge in [-0.25, -0.2) is 0 Å². The van der Waals surface area contributed by atoms with Crippen LogP contribution in [-0.2, 0) is 4.79 Å². The van der Waals surface area contributed by atoms with Crippen molar-refractivity contribution in [3.63, 3.8) is 0 Å². The number of para-hydroxylation sites is 1. The first-order chi connectivity index (χ1) is 18.3. The largest absolute Gasteiger partial charge is 0.493 e. The van der Waals surface area contributed by atoms with E-state index in [0.29, 0.717) is 33.0 Å². The molecule has 38 heavy (non-hydrogen) atoms. The van der Waals surface area contributed by atoms with E-state index in [4.69, 9.17) is 9.47 Å². The molecule has 8 heteroatoms. The molecule has 1 N–H and O–H groups in total. The molecule has 192 valence electrons. The Hall–Kier alpha value is -4.61. The SMILES string of the molecule is COc1cccc(C=c2sc(=C(C#N)C(=O)Nc3ccc(C)cc3)n(-c3ccc(C)c(C)c3)c2=O)c1OC. The van der Waals surface area contributed by atoms with Gasteiger partial charge in [0.15, 0.2) is 17.1 Å². The van der Waals surface area contributed by atoms with Crippen molar-refractivity contribution < 1.29 is 14.3 Å². The molecular formula is C30H27N3O4S. The Morgan fingerprint density at radius 2 is 1.74 bits per heavy atom. The molecule has 0 aliphatic rings. The molecule has 0 aliphatic carbocycles. The van der Waals surface area contributed by atoms with Crippen LogP contribution in [0.5, 0.6) is 11.5 Å². The van der Waals surface area contributed by atoms with Gasteiger partial charge < -0.3 is 14.8 Å². The van der Waals surface area contributed by atoms with Crippen LogP contribution in [0.15, 0.2) is 65.5 Å². The number of anilines is 1. The van der Waals surface area contributed by atoms with Crippen LogP contribution in [0.4, 0.5) is 5.69 Å². The zero-order valence-corrected chi connectivity index (χ0v) is 22.6. The number of benzene rings is 3. The number of hydrogen-bond donors (Lipinski definition) is 1. The van der Waals surface area contributed by atoms with Crippen LogP contribution in [0.1, 0.15) is 22.3 Å². The van der Waals surface area contributed by atoms with Crippen molar-refractivity contribution in [2.45, 2.75) is 20.8 Å². The minimum Gasteiger partial charge on any atom is -0.493 e. The number of nitrogens with one attached hydrogen (secondary N) is 1. The van der Waals surface area contributed by atoms with Crippen LogP contribution in [0, 0.1) is 32.1 Å². The van der Waals surface area contributed by atoms with Crippen LogP contribution in [0.25, 0.3) is 17.3 Å². The molecule has 0 spiro atoms. The summed E-state index contributed by atoms with van der Waals surface area (Å²) in [6, 6.07) is 20.2. The third kappa shape index (κ3) is 5.24. The lowest BCUT2D eigenvalue weighted by Gasteiger charge is -2.09. The highest BCUT2D eigenvalue weighted by Crippen LogP contribution is 2.31. The molecule has 0 saturated heterocycles. The molecule has 1 heterocycles. The topological polar surface area (TPSA) is 93.4 Å². The van der Waals surface area contributed by atoms with Gasteiger partial charge in [-0.3, -0.25) is 14.2 Å². The number of carbonyl (C=O) groups excluding carboxylic acids is 1. The van der Waals surface area contributed by atoms with Gasteiger partial charge in [-0.1, -0.05) is 35.9 Å². The van der Waals surface area contributed by atoms with Crippen molar-refractivity contribution in [1.29, 1.82) is 5.26 Å². The number of aromatic nitrogens is 1. The third-order valence-corrected chi connectivity index (χ3v) is 7.25. The summed E-state index contributed by atoms with van der Waals surface area (Å²) in [6.07, 6.45) is 1.68. The van der Waals surface area contributed by atoms with Crippen molar-refractivity contribution in [2.75, 3.05) is 19.5 Å². The number of thiazole rings is 1. The first kappa shape index (κ1) is 26.5. The number of aryl methyl sites for hydroxylation is 3. The second kappa shape index (κ2) is 11.2. The molecule has 0 unspecified atom stereocenters. The van der Waals surface area contributed by atoms with Gasteiger partial charge in [0.1, 0.15) is 10.7 Å². The number of methoxy groups -OCH3 is 2. The highest BCUT2D eigenvalue weighted by molar-refractivity contribution is 7.07. The molecule has 1 amide bonds. The van der Waals surface area contributed by atoms with Crippen LogP contribution < -0.4 is 29.5 Å². The average molecular weight is 526 g/mol. The summed E-state index contributed by atoms with van der Waals surface area (Å²) >= 11 is 1.07. The maximum absolute atomic E-state index is 13.8. The van der Waals surface area contributed by atoms with E-state index in [1.807, 2.05) is 57.2 Å². The Kier molecular flexibility index (Phi) is 7.79. The lowest BCUT2D eigenvalue weighted by atomic mass is 10.1. The number of nitrogens with zero attached hydrogens (tertiary/aromatic N) is 2. The highest BCUT2D eigenvalue weighted by Gasteiger charge is 2.18.